The van der Waals surface area contributed by atoms with Crippen LogP contribution in [0.1, 0.15) is 31.9 Å². The molecule has 3 heteroatoms. The molecule has 0 radical (unpaired) electrons. The maximum Gasteiger partial charge on any atom is 0.307 e. The van der Waals surface area contributed by atoms with Gasteiger partial charge in [0, 0.05) is 6.42 Å². The first-order chi connectivity index (χ1) is 7.58. The van der Waals surface area contributed by atoms with E-state index in [1.807, 2.05) is 13.8 Å². The maximum atomic E-state index is 10.8. The topological polar surface area (TPSA) is 54.4 Å². The Kier molecular flexibility index (Phi) is 6.84. The second-order valence-corrected chi connectivity index (χ2v) is 3.27. The van der Waals surface area contributed by atoms with Crippen LogP contribution in [-0.4, -0.2) is 16.9 Å². The minimum Gasteiger partial charge on any atom is -0.481 e. The maximum absolute atomic E-state index is 10.8. The molecule has 0 heterocycles. The van der Waals surface area contributed by atoms with Gasteiger partial charge in [0.2, 0.25) is 0 Å². The summed E-state index contributed by atoms with van der Waals surface area (Å²) in [7, 11) is 0. The molecule has 0 spiro atoms. The van der Waals surface area contributed by atoms with Crippen molar-refractivity contribution in [2.24, 2.45) is 0 Å². The van der Waals surface area contributed by atoms with Crippen LogP contribution in [0.4, 0.5) is 0 Å². The zero-order valence-corrected chi connectivity index (χ0v) is 9.99. The molecule has 0 unspecified atom stereocenters. The number of aliphatic carboxylic acids is 1. The largest absolute Gasteiger partial charge is 0.481 e. The number of hydrogen-bond donors (Lipinski definition) is 1. The van der Waals surface area contributed by atoms with E-state index in [1.165, 1.54) is 6.92 Å². The first-order valence-corrected chi connectivity index (χ1v) is 5.37. The summed E-state index contributed by atoms with van der Waals surface area (Å²) in [6, 6.07) is 7.07. The SMILES string of the molecule is CC.CC(=O)Cc1ccc(CC(=O)O)cc1. The van der Waals surface area contributed by atoms with Crippen molar-refractivity contribution in [3.8, 4) is 0 Å². The number of benzene rings is 1. The van der Waals surface area contributed by atoms with E-state index in [-0.39, 0.29) is 12.2 Å². The average molecular weight is 222 g/mol. The highest BCUT2D eigenvalue weighted by Gasteiger charge is 2.01. The van der Waals surface area contributed by atoms with Gasteiger partial charge in [-0.05, 0) is 18.1 Å². The third-order valence-corrected chi connectivity index (χ3v) is 1.83. The molecule has 0 fully saturated rings. The Hall–Kier alpha value is -1.64. The highest BCUT2D eigenvalue weighted by atomic mass is 16.4. The lowest BCUT2D eigenvalue weighted by atomic mass is 10.1. The molecule has 0 atom stereocenters. The number of hydrogen-bond acceptors (Lipinski definition) is 2. The first-order valence-electron chi connectivity index (χ1n) is 5.37. The van der Waals surface area contributed by atoms with Gasteiger partial charge in [-0.15, -0.1) is 0 Å². The van der Waals surface area contributed by atoms with Crippen LogP contribution >= 0.6 is 0 Å². The summed E-state index contributed by atoms with van der Waals surface area (Å²) in [6.45, 7) is 5.53. The summed E-state index contributed by atoms with van der Waals surface area (Å²) < 4.78 is 0. The minimum atomic E-state index is -0.843. The molecular formula is C13H18O3. The van der Waals surface area contributed by atoms with Gasteiger partial charge in [0.15, 0.2) is 0 Å². The number of ketones is 1. The van der Waals surface area contributed by atoms with E-state index >= 15 is 0 Å². The van der Waals surface area contributed by atoms with Crippen LogP contribution in [0.15, 0.2) is 24.3 Å². The Morgan fingerprint density at radius 1 is 1.00 bits per heavy atom. The summed E-state index contributed by atoms with van der Waals surface area (Å²) >= 11 is 0. The number of carboxylic acid groups (broad SMARTS) is 1. The van der Waals surface area contributed by atoms with E-state index in [0.717, 1.165) is 11.1 Å². The molecule has 0 amide bonds. The smallest absolute Gasteiger partial charge is 0.307 e. The van der Waals surface area contributed by atoms with Gasteiger partial charge in [-0.1, -0.05) is 38.1 Å². The number of rotatable bonds is 4. The van der Waals surface area contributed by atoms with Gasteiger partial charge in [-0.2, -0.15) is 0 Å². The summed E-state index contributed by atoms with van der Waals surface area (Å²) in [4.78, 5) is 21.2. The zero-order chi connectivity index (χ0) is 12.6. The zero-order valence-electron chi connectivity index (χ0n) is 9.99. The monoisotopic (exact) mass is 222 g/mol. The Morgan fingerprint density at radius 2 is 1.38 bits per heavy atom. The van der Waals surface area contributed by atoms with Crippen LogP contribution in [0.5, 0.6) is 0 Å². The van der Waals surface area contributed by atoms with E-state index in [9.17, 15) is 9.59 Å². The Labute approximate surface area is 96.1 Å². The lowest BCUT2D eigenvalue weighted by molar-refractivity contribution is -0.136. The highest BCUT2D eigenvalue weighted by molar-refractivity contribution is 5.78. The molecule has 0 saturated heterocycles. The Balaban J connectivity index is 0.00000106. The van der Waals surface area contributed by atoms with Crippen LogP contribution < -0.4 is 0 Å². The number of carboxylic acids is 1. The van der Waals surface area contributed by atoms with Crippen LogP contribution in [0.3, 0.4) is 0 Å². The molecule has 1 aromatic rings. The number of carbonyl (C=O) groups excluding carboxylic acids is 1. The summed E-state index contributed by atoms with van der Waals surface area (Å²) in [5, 5.41) is 8.53. The van der Waals surface area contributed by atoms with Crippen molar-refractivity contribution < 1.29 is 14.7 Å². The first kappa shape index (κ1) is 14.4. The van der Waals surface area contributed by atoms with Crippen molar-refractivity contribution in [3.05, 3.63) is 35.4 Å². The molecule has 0 aromatic heterocycles. The second kappa shape index (κ2) is 7.63. The third kappa shape index (κ3) is 5.96. The fourth-order valence-corrected chi connectivity index (χ4v) is 1.24. The molecule has 1 rings (SSSR count). The quantitative estimate of drug-likeness (QED) is 0.851. The van der Waals surface area contributed by atoms with Crippen LogP contribution in [0, 0.1) is 0 Å². The average Bonchev–Trinajstić information content (AvgIpc) is 2.22. The third-order valence-electron chi connectivity index (χ3n) is 1.83. The van der Waals surface area contributed by atoms with E-state index in [4.69, 9.17) is 5.11 Å². The van der Waals surface area contributed by atoms with E-state index in [2.05, 4.69) is 0 Å². The van der Waals surface area contributed by atoms with Gasteiger partial charge in [-0.25, -0.2) is 0 Å². The predicted molar refractivity (Wildman–Crippen MR) is 63.5 cm³/mol. The Morgan fingerprint density at radius 3 is 1.69 bits per heavy atom. The van der Waals surface area contributed by atoms with Crippen molar-refractivity contribution in [2.45, 2.75) is 33.6 Å². The lowest BCUT2D eigenvalue weighted by Gasteiger charge is -1.99. The molecule has 0 aliphatic carbocycles. The van der Waals surface area contributed by atoms with Crippen LogP contribution in [-0.2, 0) is 22.4 Å². The molecular weight excluding hydrogens is 204 g/mol. The molecule has 1 N–H and O–H groups in total. The molecule has 0 aliphatic heterocycles. The van der Waals surface area contributed by atoms with Crippen LogP contribution in [0.25, 0.3) is 0 Å². The lowest BCUT2D eigenvalue weighted by Crippen LogP contribution is -2.01. The van der Waals surface area contributed by atoms with Crippen molar-refractivity contribution in [2.75, 3.05) is 0 Å². The van der Waals surface area contributed by atoms with Crippen LogP contribution in [0.2, 0.25) is 0 Å². The molecule has 88 valence electrons. The Bertz CT molecular complexity index is 304. The molecule has 0 aliphatic rings. The summed E-state index contributed by atoms with van der Waals surface area (Å²) in [5.41, 5.74) is 1.68. The van der Waals surface area contributed by atoms with Crippen molar-refractivity contribution >= 4 is 11.8 Å². The van der Waals surface area contributed by atoms with Gasteiger partial charge in [0.05, 0.1) is 6.42 Å². The standard InChI is InChI=1S/C11H12O3.C2H6/c1-8(12)6-9-2-4-10(5-3-9)7-11(13)14;1-2/h2-5H,6-7H2,1H3,(H,13,14);1-2H3. The summed E-state index contributed by atoms with van der Waals surface area (Å²) in [5.74, 6) is -0.736. The molecule has 16 heavy (non-hydrogen) atoms. The van der Waals surface area contributed by atoms with Gasteiger partial charge < -0.3 is 5.11 Å². The van der Waals surface area contributed by atoms with E-state index in [0.29, 0.717) is 6.42 Å². The van der Waals surface area contributed by atoms with E-state index < -0.39 is 5.97 Å². The van der Waals surface area contributed by atoms with Gasteiger partial charge in [0.1, 0.15) is 5.78 Å². The minimum absolute atomic E-state index is 0.0281. The molecule has 1 aromatic carbocycles. The number of carbonyl (C=O) groups is 2. The van der Waals surface area contributed by atoms with Crippen molar-refractivity contribution in [1.29, 1.82) is 0 Å². The van der Waals surface area contributed by atoms with Gasteiger partial charge >= 0.3 is 5.97 Å². The second-order valence-electron chi connectivity index (χ2n) is 3.27. The van der Waals surface area contributed by atoms with Crippen molar-refractivity contribution in [3.63, 3.8) is 0 Å². The molecule has 0 bridgehead atoms. The predicted octanol–water partition coefficient (Wildman–Crippen LogP) is 2.47. The van der Waals surface area contributed by atoms with Gasteiger partial charge in [0.25, 0.3) is 0 Å². The highest BCUT2D eigenvalue weighted by Crippen LogP contribution is 2.06. The van der Waals surface area contributed by atoms with Gasteiger partial charge in [-0.3, -0.25) is 9.59 Å². The normalized spacial score (nSPS) is 8.94. The fraction of sp³-hybridized carbons (Fsp3) is 0.385. The molecule has 0 saturated carbocycles. The van der Waals surface area contributed by atoms with Crippen molar-refractivity contribution in [1.82, 2.24) is 0 Å². The summed E-state index contributed by atoms with van der Waals surface area (Å²) in [6.07, 6.45) is 0.438. The number of Topliss-reactive ketones (excluding diaryl/α,β-unsaturated/α-hetero) is 1. The fourth-order valence-electron chi connectivity index (χ4n) is 1.24. The molecule has 3 nitrogen and oxygen atoms in total. The van der Waals surface area contributed by atoms with E-state index in [1.54, 1.807) is 24.3 Å².